The average molecular weight is 408 g/mol. The van der Waals surface area contributed by atoms with Crippen LogP contribution in [0.5, 0.6) is 11.8 Å². The summed E-state index contributed by atoms with van der Waals surface area (Å²) in [6, 6.07) is 7.26. The van der Waals surface area contributed by atoms with E-state index < -0.39 is 0 Å². The molecule has 0 unspecified atom stereocenters. The zero-order chi connectivity index (χ0) is 20.2. The van der Waals surface area contributed by atoms with Crippen LogP contribution in [0.25, 0.3) is 11.3 Å². The van der Waals surface area contributed by atoms with E-state index in [1.807, 2.05) is 0 Å². The molecule has 1 aliphatic rings. The number of halogens is 1. The smallest absolute Gasteiger partial charge is 0.321 e. The third-order valence-electron chi connectivity index (χ3n) is 4.55. The maximum Gasteiger partial charge on any atom is 0.321 e. The number of hydrogen-bond acceptors (Lipinski definition) is 6. The van der Waals surface area contributed by atoms with Crippen molar-refractivity contribution in [1.82, 2.24) is 24.8 Å². The summed E-state index contributed by atoms with van der Waals surface area (Å²) in [6.45, 7) is 4.95. The topological polar surface area (TPSA) is 81.1 Å². The Balaban J connectivity index is 1.40. The van der Waals surface area contributed by atoms with E-state index in [9.17, 15) is 4.79 Å². The molecule has 1 saturated heterocycles. The largest absolute Gasteiger partial charge is 0.424 e. The number of carbonyl (C=O) groups excluding carboxylic acids is 1. The molecule has 0 saturated carbocycles. The van der Waals surface area contributed by atoms with Crippen LogP contribution in [0.1, 0.15) is 5.69 Å². The van der Waals surface area contributed by atoms with Gasteiger partial charge in [0.05, 0.1) is 17.6 Å². The molecule has 146 valence electrons. The van der Waals surface area contributed by atoms with E-state index in [-0.39, 0.29) is 11.9 Å². The van der Waals surface area contributed by atoms with E-state index >= 15 is 0 Å². The molecule has 1 amide bonds. The van der Waals surface area contributed by atoms with Gasteiger partial charge >= 0.3 is 6.01 Å². The van der Waals surface area contributed by atoms with E-state index in [4.69, 9.17) is 16.3 Å². The lowest BCUT2D eigenvalue weighted by Gasteiger charge is -2.38. The Morgan fingerprint density at radius 1 is 1.24 bits per heavy atom. The van der Waals surface area contributed by atoms with Crippen molar-refractivity contribution in [2.75, 3.05) is 13.1 Å². The van der Waals surface area contributed by atoms with E-state index in [0.717, 1.165) is 30.8 Å². The molecular formula is C21H18ClN5O2. The van der Waals surface area contributed by atoms with Crippen LogP contribution in [0.15, 0.2) is 61.7 Å². The van der Waals surface area contributed by atoms with Crippen LogP contribution in [0.4, 0.5) is 0 Å². The van der Waals surface area contributed by atoms with E-state index in [2.05, 4.69) is 26.5 Å². The summed E-state index contributed by atoms with van der Waals surface area (Å²) in [4.78, 5) is 30.7. The molecule has 8 heteroatoms. The Morgan fingerprint density at radius 2 is 2.03 bits per heavy atom. The van der Waals surface area contributed by atoms with Crippen LogP contribution in [-0.4, -0.2) is 43.8 Å². The van der Waals surface area contributed by atoms with Crippen LogP contribution < -0.4 is 4.74 Å². The third kappa shape index (κ3) is 4.57. The Morgan fingerprint density at radius 3 is 2.76 bits per heavy atom. The lowest BCUT2D eigenvalue weighted by atomic mass is 9.94. The molecule has 4 rings (SSSR count). The molecule has 1 fully saturated rings. The van der Waals surface area contributed by atoms with Gasteiger partial charge in [0.15, 0.2) is 0 Å². The van der Waals surface area contributed by atoms with E-state index in [0.29, 0.717) is 22.4 Å². The summed E-state index contributed by atoms with van der Waals surface area (Å²) in [5.74, 6) is 0.919. The lowest BCUT2D eigenvalue weighted by Crippen LogP contribution is -2.50. The second-order valence-corrected chi connectivity index (χ2v) is 7.16. The summed E-state index contributed by atoms with van der Waals surface area (Å²) in [5.41, 5.74) is 2.31. The first kappa shape index (κ1) is 19.0. The van der Waals surface area contributed by atoms with Crippen LogP contribution in [-0.2, 0) is 11.2 Å². The van der Waals surface area contributed by atoms with Gasteiger partial charge in [0.1, 0.15) is 5.75 Å². The van der Waals surface area contributed by atoms with Crippen LogP contribution in [0.2, 0.25) is 5.02 Å². The van der Waals surface area contributed by atoms with Gasteiger partial charge in [0.2, 0.25) is 5.91 Å². The quantitative estimate of drug-likeness (QED) is 0.581. The molecule has 0 atom stereocenters. The zero-order valence-electron chi connectivity index (χ0n) is 15.5. The fourth-order valence-electron chi connectivity index (χ4n) is 3.08. The molecular weight excluding hydrogens is 390 g/mol. The molecule has 0 bridgehead atoms. The maximum atomic E-state index is 11.5. The highest BCUT2D eigenvalue weighted by Crippen LogP contribution is 2.24. The van der Waals surface area contributed by atoms with Gasteiger partial charge in [-0.3, -0.25) is 9.78 Å². The Labute approximate surface area is 173 Å². The van der Waals surface area contributed by atoms with Gasteiger partial charge in [-0.05, 0) is 36.6 Å². The van der Waals surface area contributed by atoms with Crippen molar-refractivity contribution in [2.45, 2.75) is 6.42 Å². The van der Waals surface area contributed by atoms with Crippen molar-refractivity contribution >= 4 is 17.5 Å². The minimum Gasteiger partial charge on any atom is -0.424 e. The normalized spacial score (nSPS) is 13.6. The lowest BCUT2D eigenvalue weighted by molar-refractivity contribution is -0.132. The summed E-state index contributed by atoms with van der Waals surface area (Å²) in [6.07, 6.45) is 8.82. The highest BCUT2D eigenvalue weighted by Gasteiger charge is 2.29. The minimum atomic E-state index is -0.0293. The number of aromatic nitrogens is 4. The number of nitrogens with zero attached hydrogens (tertiary/aromatic N) is 5. The summed E-state index contributed by atoms with van der Waals surface area (Å²) >= 11 is 5.95. The Kier molecular flexibility index (Phi) is 5.48. The molecule has 0 radical (unpaired) electrons. The number of ether oxygens (including phenoxy) is 1. The second-order valence-electron chi connectivity index (χ2n) is 6.73. The van der Waals surface area contributed by atoms with Gasteiger partial charge < -0.3 is 9.64 Å². The van der Waals surface area contributed by atoms with E-state index in [1.165, 1.54) is 6.08 Å². The molecule has 0 aliphatic carbocycles. The van der Waals surface area contributed by atoms with Crippen molar-refractivity contribution < 1.29 is 9.53 Å². The molecule has 1 aliphatic heterocycles. The molecule has 0 N–H and O–H groups in total. The van der Waals surface area contributed by atoms with Gasteiger partial charge in [0.25, 0.3) is 0 Å². The van der Waals surface area contributed by atoms with E-state index in [1.54, 1.807) is 54.0 Å². The number of likely N-dealkylation sites (tertiary alicyclic amines) is 1. The molecule has 3 aromatic rings. The first-order valence-electron chi connectivity index (χ1n) is 9.09. The molecule has 0 spiro atoms. The molecule has 7 nitrogen and oxygen atoms in total. The van der Waals surface area contributed by atoms with Crippen molar-refractivity contribution in [1.29, 1.82) is 0 Å². The average Bonchev–Trinajstić information content (AvgIpc) is 2.71. The predicted octanol–water partition coefficient (Wildman–Crippen LogP) is 3.57. The summed E-state index contributed by atoms with van der Waals surface area (Å²) in [5, 5.41) is 0.578. The molecule has 1 aromatic carbocycles. The summed E-state index contributed by atoms with van der Waals surface area (Å²) < 4.78 is 5.61. The standard InChI is InChI=1S/C21H18ClN5O2/c1-2-20(28)27-12-14(13-27)6-17-10-23-11-19(26-17)15-8-24-21(25-9-15)29-18-5-3-4-16(22)7-18/h2-5,7-11,14H,1,6,12-13H2. The van der Waals surface area contributed by atoms with Crippen molar-refractivity contribution in [2.24, 2.45) is 5.92 Å². The van der Waals surface area contributed by atoms with Crippen LogP contribution >= 0.6 is 11.6 Å². The first-order valence-corrected chi connectivity index (χ1v) is 9.46. The number of amides is 1. The SMILES string of the molecule is C=CC(=O)N1CC(Cc2cncc(-c3cnc(Oc4cccc(Cl)c4)nc3)n2)C1. The number of hydrogen-bond donors (Lipinski definition) is 0. The third-order valence-corrected chi connectivity index (χ3v) is 4.79. The van der Waals surface area contributed by atoms with Crippen LogP contribution in [0.3, 0.4) is 0 Å². The van der Waals surface area contributed by atoms with Gasteiger partial charge in [-0.1, -0.05) is 24.2 Å². The first-order chi connectivity index (χ1) is 14.1. The minimum absolute atomic E-state index is 0.0293. The zero-order valence-corrected chi connectivity index (χ0v) is 16.3. The molecule has 29 heavy (non-hydrogen) atoms. The predicted molar refractivity (Wildman–Crippen MR) is 109 cm³/mol. The van der Waals surface area contributed by atoms with Crippen molar-refractivity contribution in [3.8, 4) is 23.0 Å². The maximum absolute atomic E-state index is 11.5. The fourth-order valence-corrected chi connectivity index (χ4v) is 3.26. The molecule has 2 aromatic heterocycles. The number of carbonyl (C=O) groups is 1. The highest BCUT2D eigenvalue weighted by molar-refractivity contribution is 6.30. The van der Waals surface area contributed by atoms with Crippen molar-refractivity contribution in [3.05, 3.63) is 72.4 Å². The number of rotatable bonds is 6. The van der Waals surface area contributed by atoms with Gasteiger partial charge in [-0.25, -0.2) is 15.0 Å². The van der Waals surface area contributed by atoms with Crippen LogP contribution in [0, 0.1) is 5.92 Å². The fraction of sp³-hybridized carbons (Fsp3) is 0.190. The van der Waals surface area contributed by atoms with Gasteiger partial charge in [-0.2, -0.15) is 0 Å². The second kappa shape index (κ2) is 8.36. The van der Waals surface area contributed by atoms with Gasteiger partial charge in [0, 0.05) is 42.3 Å². The highest BCUT2D eigenvalue weighted by atomic mass is 35.5. The summed E-state index contributed by atoms with van der Waals surface area (Å²) in [7, 11) is 0. The Hall–Kier alpha value is -3.32. The monoisotopic (exact) mass is 407 g/mol. The Bertz CT molecular complexity index is 1040. The number of benzene rings is 1. The van der Waals surface area contributed by atoms with Crippen molar-refractivity contribution in [3.63, 3.8) is 0 Å². The van der Waals surface area contributed by atoms with Gasteiger partial charge in [-0.15, -0.1) is 0 Å². The molecule has 3 heterocycles.